The maximum absolute atomic E-state index is 11.2. The Bertz CT molecular complexity index is 160. The zero-order chi connectivity index (χ0) is 9.03. The summed E-state index contributed by atoms with van der Waals surface area (Å²) < 4.78 is 4.62. The molecule has 3 nitrogen and oxygen atoms in total. The van der Waals surface area contributed by atoms with Gasteiger partial charge in [-0.25, -0.2) is 5.73 Å². The molecule has 0 amide bonds. The first kappa shape index (κ1) is 9.52. The number of carbonyl (C=O) groups excluding carboxylic acids is 1. The van der Waals surface area contributed by atoms with Gasteiger partial charge in [-0.15, -0.1) is 0 Å². The van der Waals surface area contributed by atoms with E-state index in [1.165, 1.54) is 7.11 Å². The molecular weight excluding hydrogens is 154 g/mol. The summed E-state index contributed by atoms with van der Waals surface area (Å²) in [5.41, 5.74) is 6.95. The number of nitrogens with one attached hydrogen (secondary N) is 1. The summed E-state index contributed by atoms with van der Waals surface area (Å²) in [4.78, 5) is 11.2. The molecule has 1 fully saturated rings. The molecule has 0 unspecified atom stereocenters. The van der Waals surface area contributed by atoms with Gasteiger partial charge in [-0.05, 0) is 12.8 Å². The minimum atomic E-state index is -0.939. The van der Waals surface area contributed by atoms with Crippen LogP contribution in [0.4, 0.5) is 0 Å². The van der Waals surface area contributed by atoms with E-state index in [0.717, 1.165) is 25.7 Å². The van der Waals surface area contributed by atoms with Gasteiger partial charge in [-0.2, -0.15) is 0 Å². The monoisotopic (exact) mass is 170 g/mol. The van der Waals surface area contributed by atoms with E-state index in [9.17, 15) is 4.79 Å². The van der Waals surface area contributed by atoms with E-state index >= 15 is 0 Å². The quantitative estimate of drug-likeness (QED) is 0.442. The Morgan fingerprint density at radius 1 is 1.25 bits per heavy atom. The number of esters is 1. The molecule has 1 radical (unpaired) electrons. The van der Waals surface area contributed by atoms with E-state index in [1.54, 1.807) is 0 Å². The second-order valence-electron chi connectivity index (χ2n) is 3.49. The van der Waals surface area contributed by atoms with Crippen molar-refractivity contribution in [1.82, 2.24) is 5.73 Å². The molecule has 69 valence electrons. The van der Waals surface area contributed by atoms with Crippen molar-refractivity contribution in [3.05, 3.63) is 0 Å². The lowest BCUT2D eigenvalue weighted by Gasteiger charge is -2.22. The summed E-state index contributed by atoms with van der Waals surface area (Å²) in [5, 5.41) is 0. The molecule has 1 aliphatic rings. The lowest BCUT2D eigenvalue weighted by atomic mass is 9.92. The molecule has 0 bridgehead atoms. The molecule has 0 saturated heterocycles. The third-order valence-corrected chi connectivity index (χ3v) is 2.53. The van der Waals surface area contributed by atoms with Gasteiger partial charge in [0.15, 0.2) is 0 Å². The normalized spacial score (nSPS) is 22.8. The smallest absolute Gasteiger partial charge is 0.327 e. The standard InChI is InChI=1S/C9H16NO2/c1-12-8(11)9(10)6-4-2-3-5-7-9/h10H,2-7H2,1H3. The van der Waals surface area contributed by atoms with Crippen LogP contribution in [0.15, 0.2) is 0 Å². The van der Waals surface area contributed by atoms with Crippen LogP contribution in [0.3, 0.4) is 0 Å². The van der Waals surface area contributed by atoms with Crippen molar-refractivity contribution in [2.24, 2.45) is 0 Å². The molecular formula is C9H16NO2. The zero-order valence-corrected chi connectivity index (χ0v) is 7.56. The van der Waals surface area contributed by atoms with Crippen molar-refractivity contribution < 1.29 is 9.53 Å². The number of ether oxygens (including phenoxy) is 1. The van der Waals surface area contributed by atoms with E-state index in [0.29, 0.717) is 12.8 Å². The van der Waals surface area contributed by atoms with Crippen molar-refractivity contribution >= 4 is 5.97 Å². The van der Waals surface area contributed by atoms with Gasteiger partial charge < -0.3 is 4.74 Å². The molecule has 1 N–H and O–H groups in total. The van der Waals surface area contributed by atoms with Gasteiger partial charge in [0.2, 0.25) is 0 Å². The van der Waals surface area contributed by atoms with E-state index in [1.807, 2.05) is 0 Å². The first-order valence-corrected chi connectivity index (χ1v) is 4.52. The van der Waals surface area contributed by atoms with Crippen molar-refractivity contribution in [3.63, 3.8) is 0 Å². The van der Waals surface area contributed by atoms with E-state index < -0.39 is 5.54 Å². The minimum Gasteiger partial charge on any atom is -0.468 e. The van der Waals surface area contributed by atoms with Gasteiger partial charge in [-0.3, -0.25) is 4.79 Å². The van der Waals surface area contributed by atoms with Gasteiger partial charge in [0, 0.05) is 0 Å². The van der Waals surface area contributed by atoms with Crippen LogP contribution >= 0.6 is 0 Å². The van der Waals surface area contributed by atoms with Gasteiger partial charge in [0.25, 0.3) is 0 Å². The second-order valence-corrected chi connectivity index (χ2v) is 3.49. The summed E-state index contributed by atoms with van der Waals surface area (Å²) in [6.45, 7) is 0. The first-order valence-electron chi connectivity index (χ1n) is 4.52. The highest BCUT2D eigenvalue weighted by Crippen LogP contribution is 2.27. The van der Waals surface area contributed by atoms with Crippen LogP contribution in [-0.4, -0.2) is 18.6 Å². The molecule has 0 aromatic rings. The Balaban J connectivity index is 2.59. The number of rotatable bonds is 1. The van der Waals surface area contributed by atoms with Gasteiger partial charge in [0.1, 0.15) is 5.54 Å². The highest BCUT2D eigenvalue weighted by molar-refractivity contribution is 5.80. The Morgan fingerprint density at radius 2 is 1.75 bits per heavy atom. The van der Waals surface area contributed by atoms with Gasteiger partial charge in [0.05, 0.1) is 7.11 Å². The van der Waals surface area contributed by atoms with Crippen molar-refractivity contribution in [1.29, 1.82) is 0 Å². The summed E-state index contributed by atoms with van der Waals surface area (Å²) in [7, 11) is 1.36. The van der Waals surface area contributed by atoms with Crippen molar-refractivity contribution in [3.8, 4) is 0 Å². The Morgan fingerprint density at radius 3 is 2.17 bits per heavy atom. The van der Waals surface area contributed by atoms with Crippen LogP contribution in [0, 0.1) is 0 Å². The Hall–Kier alpha value is -0.570. The largest absolute Gasteiger partial charge is 0.468 e. The predicted molar refractivity (Wildman–Crippen MR) is 45.5 cm³/mol. The topological polar surface area (TPSA) is 50.1 Å². The molecule has 12 heavy (non-hydrogen) atoms. The fraction of sp³-hybridized carbons (Fsp3) is 0.889. The lowest BCUT2D eigenvalue weighted by Crippen LogP contribution is -2.40. The number of hydrogen-bond acceptors (Lipinski definition) is 2. The summed E-state index contributed by atoms with van der Waals surface area (Å²) in [5.74, 6) is -0.357. The lowest BCUT2D eigenvalue weighted by molar-refractivity contribution is -0.148. The highest BCUT2D eigenvalue weighted by Gasteiger charge is 2.36. The Labute approximate surface area is 73.3 Å². The first-order chi connectivity index (χ1) is 5.69. The van der Waals surface area contributed by atoms with Crippen LogP contribution in [0.1, 0.15) is 38.5 Å². The van der Waals surface area contributed by atoms with Crippen LogP contribution in [0.2, 0.25) is 0 Å². The minimum absolute atomic E-state index is 0.357. The number of hydrogen-bond donors (Lipinski definition) is 0. The third kappa shape index (κ3) is 1.97. The third-order valence-electron chi connectivity index (χ3n) is 2.53. The molecule has 1 aliphatic carbocycles. The molecule has 0 aromatic carbocycles. The average molecular weight is 170 g/mol. The predicted octanol–water partition coefficient (Wildman–Crippen LogP) is 1.54. The van der Waals surface area contributed by atoms with Crippen LogP contribution < -0.4 is 5.73 Å². The maximum Gasteiger partial charge on any atom is 0.327 e. The molecule has 0 atom stereocenters. The van der Waals surface area contributed by atoms with Gasteiger partial charge in [-0.1, -0.05) is 25.7 Å². The Kier molecular flexibility index (Phi) is 3.09. The van der Waals surface area contributed by atoms with Crippen molar-refractivity contribution in [2.75, 3.05) is 7.11 Å². The fourth-order valence-corrected chi connectivity index (χ4v) is 1.73. The fourth-order valence-electron chi connectivity index (χ4n) is 1.73. The van der Waals surface area contributed by atoms with Gasteiger partial charge >= 0.3 is 5.97 Å². The molecule has 0 aliphatic heterocycles. The summed E-state index contributed by atoms with van der Waals surface area (Å²) in [6.07, 6.45) is 5.60. The summed E-state index contributed by atoms with van der Waals surface area (Å²) >= 11 is 0. The van der Waals surface area contributed by atoms with Crippen molar-refractivity contribution in [2.45, 2.75) is 44.1 Å². The second kappa shape index (κ2) is 3.90. The molecule has 0 spiro atoms. The zero-order valence-electron chi connectivity index (χ0n) is 7.56. The van der Waals surface area contributed by atoms with E-state index in [2.05, 4.69) is 4.74 Å². The average Bonchev–Trinajstić information content (AvgIpc) is 2.29. The molecule has 1 rings (SSSR count). The summed E-state index contributed by atoms with van der Waals surface area (Å²) in [6, 6.07) is 0. The number of carbonyl (C=O) groups is 1. The molecule has 3 heteroatoms. The maximum atomic E-state index is 11.2. The van der Waals surface area contributed by atoms with E-state index in [4.69, 9.17) is 5.73 Å². The molecule has 1 saturated carbocycles. The molecule has 0 heterocycles. The SMILES string of the molecule is COC(=O)C1([NH])CCCCCC1. The number of methoxy groups -OCH3 is 1. The van der Waals surface area contributed by atoms with Crippen LogP contribution in [0.25, 0.3) is 0 Å². The van der Waals surface area contributed by atoms with E-state index in [-0.39, 0.29) is 5.97 Å². The van der Waals surface area contributed by atoms with Crippen LogP contribution in [0.5, 0.6) is 0 Å². The highest BCUT2D eigenvalue weighted by atomic mass is 16.5. The van der Waals surface area contributed by atoms with Crippen LogP contribution in [-0.2, 0) is 9.53 Å². The molecule has 0 aromatic heterocycles.